The van der Waals surface area contributed by atoms with Crippen molar-refractivity contribution in [2.24, 2.45) is 0 Å². The van der Waals surface area contributed by atoms with Crippen molar-refractivity contribution in [3.8, 4) is 0 Å². The van der Waals surface area contributed by atoms with E-state index in [1.165, 1.54) is 109 Å². The number of carbonyl (C=O) groups excluding carboxylic acids is 3. The minimum absolute atomic E-state index is 0.0946. The first-order chi connectivity index (χ1) is 33.5. The summed E-state index contributed by atoms with van der Waals surface area (Å²) in [4.78, 5) is 38.1. The molecule has 0 N–H and O–H groups in total. The van der Waals surface area contributed by atoms with E-state index in [0.717, 1.165) is 109 Å². The molecule has 0 aromatic carbocycles. The van der Waals surface area contributed by atoms with Crippen molar-refractivity contribution in [3.63, 3.8) is 0 Å². The van der Waals surface area contributed by atoms with Crippen LogP contribution in [-0.4, -0.2) is 37.2 Å². The Morgan fingerprint density at radius 1 is 0.309 bits per heavy atom. The Morgan fingerprint density at radius 2 is 0.574 bits per heavy atom. The third-order valence-electron chi connectivity index (χ3n) is 11.8. The molecule has 0 radical (unpaired) electrons. The first-order valence-corrected chi connectivity index (χ1v) is 28.2. The number of allylic oxidation sites excluding steroid dienone is 16. The van der Waals surface area contributed by atoms with Gasteiger partial charge in [-0.2, -0.15) is 0 Å². The van der Waals surface area contributed by atoms with E-state index in [9.17, 15) is 14.4 Å². The van der Waals surface area contributed by atoms with Gasteiger partial charge in [0.25, 0.3) is 0 Å². The monoisotopic (exact) mass is 945 g/mol. The van der Waals surface area contributed by atoms with Crippen molar-refractivity contribution < 1.29 is 28.6 Å². The van der Waals surface area contributed by atoms with Crippen molar-refractivity contribution in [2.75, 3.05) is 13.2 Å². The average molecular weight is 946 g/mol. The third kappa shape index (κ3) is 53.3. The molecule has 6 nitrogen and oxygen atoms in total. The minimum atomic E-state index is -0.799. The van der Waals surface area contributed by atoms with Crippen LogP contribution >= 0.6 is 0 Å². The van der Waals surface area contributed by atoms with Gasteiger partial charge in [0.1, 0.15) is 13.2 Å². The molecule has 0 rings (SSSR count). The molecule has 0 spiro atoms. The molecule has 0 bridgehead atoms. The fraction of sp³-hybridized carbons (Fsp3) is 0.694. The third-order valence-corrected chi connectivity index (χ3v) is 11.8. The van der Waals surface area contributed by atoms with Crippen LogP contribution in [0.15, 0.2) is 97.2 Å². The van der Waals surface area contributed by atoms with Gasteiger partial charge in [0.05, 0.1) is 0 Å². The van der Waals surface area contributed by atoms with Gasteiger partial charge in [0.2, 0.25) is 0 Å². The smallest absolute Gasteiger partial charge is 0.306 e. The topological polar surface area (TPSA) is 78.9 Å². The largest absolute Gasteiger partial charge is 0.462 e. The summed E-state index contributed by atoms with van der Waals surface area (Å²) >= 11 is 0. The van der Waals surface area contributed by atoms with E-state index in [1.807, 2.05) is 0 Å². The lowest BCUT2D eigenvalue weighted by Crippen LogP contribution is -2.30. The number of carbonyl (C=O) groups is 3. The molecule has 0 aliphatic rings. The fourth-order valence-electron chi connectivity index (χ4n) is 7.62. The zero-order valence-electron chi connectivity index (χ0n) is 44.3. The highest BCUT2D eigenvalue weighted by molar-refractivity contribution is 5.71. The van der Waals surface area contributed by atoms with Gasteiger partial charge in [0.15, 0.2) is 6.10 Å². The lowest BCUT2D eigenvalue weighted by molar-refractivity contribution is -0.167. The quantitative estimate of drug-likeness (QED) is 0.0262. The molecule has 388 valence electrons. The molecule has 6 heteroatoms. The van der Waals surface area contributed by atoms with Crippen LogP contribution in [0.2, 0.25) is 0 Å². The van der Waals surface area contributed by atoms with Crippen LogP contribution in [0.5, 0.6) is 0 Å². The van der Waals surface area contributed by atoms with Crippen molar-refractivity contribution in [1.82, 2.24) is 0 Å². The van der Waals surface area contributed by atoms with Gasteiger partial charge in [0, 0.05) is 19.3 Å². The van der Waals surface area contributed by atoms with Crippen molar-refractivity contribution >= 4 is 17.9 Å². The van der Waals surface area contributed by atoms with Crippen LogP contribution in [0.25, 0.3) is 0 Å². The van der Waals surface area contributed by atoms with E-state index in [0.29, 0.717) is 12.8 Å². The zero-order valence-corrected chi connectivity index (χ0v) is 44.3. The van der Waals surface area contributed by atoms with Crippen LogP contribution in [0.3, 0.4) is 0 Å². The maximum Gasteiger partial charge on any atom is 0.306 e. The molecule has 68 heavy (non-hydrogen) atoms. The number of unbranched alkanes of at least 4 members (excludes halogenated alkanes) is 23. The molecular weight excluding hydrogens is 841 g/mol. The summed E-state index contributed by atoms with van der Waals surface area (Å²) in [6.45, 7) is 6.38. The summed E-state index contributed by atoms with van der Waals surface area (Å²) in [5, 5.41) is 0. The van der Waals surface area contributed by atoms with Crippen LogP contribution < -0.4 is 0 Å². The van der Waals surface area contributed by atoms with Crippen molar-refractivity contribution in [3.05, 3.63) is 97.2 Å². The molecule has 0 aromatic rings. The second kappa shape index (κ2) is 55.9. The summed E-state index contributed by atoms with van der Waals surface area (Å²) < 4.78 is 16.8. The van der Waals surface area contributed by atoms with E-state index in [2.05, 4.69) is 118 Å². The highest BCUT2D eigenvalue weighted by atomic mass is 16.6. The van der Waals surface area contributed by atoms with Gasteiger partial charge >= 0.3 is 17.9 Å². The lowest BCUT2D eigenvalue weighted by atomic mass is 10.1. The van der Waals surface area contributed by atoms with E-state index in [1.54, 1.807) is 0 Å². The number of esters is 3. The molecular formula is C62H104O6. The Balaban J connectivity index is 4.44. The predicted octanol–water partition coefficient (Wildman–Crippen LogP) is 18.9. The molecule has 0 aromatic heterocycles. The summed E-state index contributed by atoms with van der Waals surface area (Å²) in [6, 6.07) is 0. The van der Waals surface area contributed by atoms with Crippen LogP contribution in [0.1, 0.15) is 258 Å². The summed E-state index contributed by atoms with van der Waals surface area (Å²) in [6.07, 6.45) is 73.9. The maximum atomic E-state index is 12.8. The van der Waals surface area contributed by atoms with Gasteiger partial charge in [-0.1, -0.05) is 221 Å². The van der Waals surface area contributed by atoms with Gasteiger partial charge in [-0.05, 0) is 116 Å². The molecule has 0 amide bonds. The van der Waals surface area contributed by atoms with E-state index >= 15 is 0 Å². The van der Waals surface area contributed by atoms with Gasteiger partial charge in [-0.3, -0.25) is 14.4 Å². The summed E-state index contributed by atoms with van der Waals surface area (Å²) in [5.41, 5.74) is 0. The average Bonchev–Trinajstić information content (AvgIpc) is 3.34. The Bertz CT molecular complexity index is 1360. The maximum absolute atomic E-state index is 12.8. The summed E-state index contributed by atoms with van der Waals surface area (Å²) in [7, 11) is 0. The minimum Gasteiger partial charge on any atom is -0.462 e. The molecule has 0 saturated carbocycles. The highest BCUT2D eigenvalue weighted by Gasteiger charge is 2.19. The Hall–Kier alpha value is -3.67. The van der Waals surface area contributed by atoms with Gasteiger partial charge in [-0.15, -0.1) is 0 Å². The van der Waals surface area contributed by atoms with Crippen LogP contribution in [0, 0.1) is 0 Å². The van der Waals surface area contributed by atoms with Gasteiger partial charge < -0.3 is 14.2 Å². The molecule has 1 unspecified atom stereocenters. The molecule has 0 aliphatic carbocycles. The number of rotatable bonds is 50. The second-order valence-corrected chi connectivity index (χ2v) is 18.4. The van der Waals surface area contributed by atoms with Crippen LogP contribution in [0.4, 0.5) is 0 Å². The number of hydrogen-bond donors (Lipinski definition) is 0. The SMILES string of the molecule is CC/C=C\C/C=C\C/C=C\C/C=C\CCCCCC(=O)OC(COC(=O)CCCCCCCCC/C=C\CCCCCC)COC(=O)CCCCCCCCCCC/C=C\C/C=C\C/C=C\CC. The molecule has 0 heterocycles. The van der Waals surface area contributed by atoms with Crippen molar-refractivity contribution in [2.45, 2.75) is 264 Å². The Kier molecular flexibility index (Phi) is 52.9. The first-order valence-electron chi connectivity index (χ1n) is 28.2. The second-order valence-electron chi connectivity index (χ2n) is 18.4. The fourth-order valence-corrected chi connectivity index (χ4v) is 7.62. The van der Waals surface area contributed by atoms with E-state index in [-0.39, 0.29) is 37.5 Å². The van der Waals surface area contributed by atoms with Gasteiger partial charge in [-0.25, -0.2) is 0 Å². The molecule has 0 fully saturated rings. The molecule has 0 aliphatic heterocycles. The predicted molar refractivity (Wildman–Crippen MR) is 293 cm³/mol. The Labute approximate surface area is 419 Å². The lowest BCUT2D eigenvalue weighted by Gasteiger charge is -2.18. The van der Waals surface area contributed by atoms with Crippen LogP contribution in [-0.2, 0) is 28.6 Å². The zero-order chi connectivity index (χ0) is 49.3. The number of hydrogen-bond acceptors (Lipinski definition) is 6. The van der Waals surface area contributed by atoms with E-state index < -0.39 is 6.10 Å². The highest BCUT2D eigenvalue weighted by Crippen LogP contribution is 2.15. The molecule has 1 atom stereocenters. The van der Waals surface area contributed by atoms with E-state index in [4.69, 9.17) is 14.2 Å². The first kappa shape index (κ1) is 64.3. The standard InChI is InChI=1S/C62H104O6/c1-4-7-10-13-16-19-22-25-28-30-31-32-35-37-40-43-46-49-52-55-61(64)67-58-59(57-66-60(63)54-51-48-45-42-39-36-33-27-24-21-18-15-12-9-6-3)68-62(65)56-53-50-47-44-41-38-34-29-26-23-20-17-14-11-8-5-2/h7-8,10-11,16-17,19-21,24-26,28-29,38,41,59H,4-6,9,12-15,18,22-23,27,30-37,39-40,42-58H2,1-3H3/b10-7-,11-8-,19-16-,20-17-,24-21-,28-25-,29-26-,41-38-. The normalized spacial score (nSPS) is 12.8. The summed E-state index contributed by atoms with van der Waals surface area (Å²) in [5.74, 6) is -0.933. The molecule has 0 saturated heterocycles. The number of ether oxygens (including phenoxy) is 3. The Morgan fingerprint density at radius 3 is 0.926 bits per heavy atom. The van der Waals surface area contributed by atoms with Crippen molar-refractivity contribution in [1.29, 1.82) is 0 Å².